The number of hydrogen-bond acceptors (Lipinski definition) is 4. The molecule has 0 spiro atoms. The highest BCUT2D eigenvalue weighted by atomic mass is 35.5. The molecule has 5 nitrogen and oxygen atoms in total. The predicted molar refractivity (Wildman–Crippen MR) is 104 cm³/mol. The van der Waals surface area contributed by atoms with Crippen molar-refractivity contribution in [1.29, 1.82) is 0 Å². The van der Waals surface area contributed by atoms with Crippen LogP contribution < -0.4 is 19.5 Å². The summed E-state index contributed by atoms with van der Waals surface area (Å²) in [5.74, 6) is 1.68. The number of aryl methyl sites for hydroxylation is 1. The molecule has 0 heterocycles. The van der Waals surface area contributed by atoms with Gasteiger partial charge in [-0.1, -0.05) is 23.7 Å². The number of carbonyl (C=O) groups excluding carboxylic acids is 1. The Morgan fingerprint density at radius 3 is 2.50 bits per heavy atom. The third-order valence-electron chi connectivity index (χ3n) is 4.11. The number of ether oxygens (including phenoxy) is 3. The minimum atomic E-state index is -0.128. The first-order valence-electron chi connectivity index (χ1n) is 8.36. The Balaban J connectivity index is 1.88. The van der Waals surface area contributed by atoms with Gasteiger partial charge in [-0.15, -0.1) is 0 Å². The van der Waals surface area contributed by atoms with Crippen molar-refractivity contribution in [3.63, 3.8) is 0 Å². The monoisotopic (exact) mass is 377 g/mol. The van der Waals surface area contributed by atoms with Gasteiger partial charge in [0.25, 0.3) is 0 Å². The zero-order chi connectivity index (χ0) is 19.1. The van der Waals surface area contributed by atoms with Gasteiger partial charge in [-0.3, -0.25) is 4.79 Å². The maximum absolute atomic E-state index is 12.2. The molecular formula is C20H24ClNO4. The van der Waals surface area contributed by atoms with Gasteiger partial charge in [-0.05, 0) is 37.5 Å². The molecule has 2 rings (SSSR count). The van der Waals surface area contributed by atoms with Crippen LogP contribution in [0.25, 0.3) is 0 Å². The molecule has 140 valence electrons. The maximum Gasteiger partial charge on any atom is 0.224 e. The molecule has 1 N–H and O–H groups in total. The summed E-state index contributed by atoms with van der Waals surface area (Å²) in [7, 11) is 3.04. The second kappa shape index (κ2) is 9.34. The second-order valence-corrected chi connectivity index (χ2v) is 6.29. The number of amides is 1. The quantitative estimate of drug-likeness (QED) is 0.673. The second-order valence-electron chi connectivity index (χ2n) is 5.89. The Morgan fingerprint density at radius 1 is 1.08 bits per heavy atom. The van der Waals surface area contributed by atoms with Crippen LogP contribution in [0, 0.1) is 13.8 Å². The number of rotatable bonds is 8. The SMILES string of the molecule is COc1cc(NC(=O)CCCOc2cccc(C)c2C)c(OC)cc1Cl. The van der Waals surface area contributed by atoms with E-state index in [4.69, 9.17) is 25.8 Å². The van der Waals surface area contributed by atoms with Crippen LogP contribution in [0.15, 0.2) is 30.3 Å². The van der Waals surface area contributed by atoms with Gasteiger partial charge in [0.2, 0.25) is 5.91 Å². The molecule has 0 aliphatic carbocycles. The van der Waals surface area contributed by atoms with Gasteiger partial charge >= 0.3 is 0 Å². The summed E-state index contributed by atoms with van der Waals surface area (Å²) in [5.41, 5.74) is 2.83. The van der Waals surface area contributed by atoms with Gasteiger partial charge in [0, 0.05) is 18.6 Å². The minimum Gasteiger partial charge on any atom is -0.495 e. The molecule has 2 aromatic rings. The van der Waals surface area contributed by atoms with Gasteiger partial charge in [0.1, 0.15) is 17.2 Å². The molecule has 6 heteroatoms. The highest BCUT2D eigenvalue weighted by Crippen LogP contribution is 2.35. The van der Waals surface area contributed by atoms with Crippen molar-refractivity contribution in [3.05, 3.63) is 46.5 Å². The minimum absolute atomic E-state index is 0.128. The van der Waals surface area contributed by atoms with Crippen LogP contribution in [0.1, 0.15) is 24.0 Å². The molecule has 0 saturated heterocycles. The summed E-state index contributed by atoms with van der Waals surface area (Å²) < 4.78 is 16.2. The van der Waals surface area contributed by atoms with Crippen LogP contribution >= 0.6 is 11.6 Å². The zero-order valence-corrected chi connectivity index (χ0v) is 16.3. The molecule has 0 aromatic heterocycles. The number of hydrogen-bond donors (Lipinski definition) is 1. The van der Waals surface area contributed by atoms with Crippen molar-refractivity contribution in [3.8, 4) is 17.2 Å². The number of anilines is 1. The van der Waals surface area contributed by atoms with Crippen molar-refractivity contribution in [2.75, 3.05) is 26.1 Å². The van der Waals surface area contributed by atoms with E-state index in [1.54, 1.807) is 12.1 Å². The molecule has 0 aliphatic rings. The summed E-state index contributed by atoms with van der Waals surface area (Å²) >= 11 is 6.07. The Kier molecular flexibility index (Phi) is 7.16. The summed E-state index contributed by atoms with van der Waals surface area (Å²) in [6.45, 7) is 4.54. The van der Waals surface area contributed by atoms with Gasteiger partial charge in [0.05, 0.1) is 31.5 Å². The topological polar surface area (TPSA) is 56.8 Å². The number of carbonyl (C=O) groups is 1. The molecule has 0 saturated carbocycles. The van der Waals surface area contributed by atoms with Crippen molar-refractivity contribution >= 4 is 23.2 Å². The Bertz CT molecular complexity index is 777. The van der Waals surface area contributed by atoms with E-state index < -0.39 is 0 Å². The largest absolute Gasteiger partial charge is 0.495 e. The number of benzene rings is 2. The van der Waals surface area contributed by atoms with E-state index >= 15 is 0 Å². The first kappa shape index (κ1) is 19.9. The molecule has 0 atom stereocenters. The molecular weight excluding hydrogens is 354 g/mol. The van der Waals surface area contributed by atoms with Crippen LogP contribution in [0.4, 0.5) is 5.69 Å². The van der Waals surface area contributed by atoms with Crippen LogP contribution in [-0.4, -0.2) is 26.7 Å². The number of methoxy groups -OCH3 is 2. The van der Waals surface area contributed by atoms with E-state index in [9.17, 15) is 4.79 Å². The molecule has 0 unspecified atom stereocenters. The third-order valence-corrected chi connectivity index (χ3v) is 4.40. The average Bonchev–Trinajstić information content (AvgIpc) is 2.63. The van der Waals surface area contributed by atoms with E-state index in [0.29, 0.717) is 41.7 Å². The van der Waals surface area contributed by atoms with Crippen LogP contribution in [-0.2, 0) is 4.79 Å². The fraction of sp³-hybridized carbons (Fsp3) is 0.350. The first-order chi connectivity index (χ1) is 12.5. The average molecular weight is 378 g/mol. The fourth-order valence-corrected chi connectivity index (χ4v) is 2.70. The van der Waals surface area contributed by atoms with Crippen molar-refractivity contribution in [2.24, 2.45) is 0 Å². The lowest BCUT2D eigenvalue weighted by Gasteiger charge is -2.13. The van der Waals surface area contributed by atoms with E-state index in [-0.39, 0.29) is 5.91 Å². The predicted octanol–water partition coefficient (Wildman–Crippen LogP) is 4.77. The summed E-state index contributed by atoms with van der Waals surface area (Å²) in [5, 5.41) is 3.25. The molecule has 2 aromatic carbocycles. The third kappa shape index (κ3) is 5.05. The van der Waals surface area contributed by atoms with Gasteiger partial charge in [-0.25, -0.2) is 0 Å². The number of nitrogens with one attached hydrogen (secondary N) is 1. The normalized spacial score (nSPS) is 10.3. The van der Waals surface area contributed by atoms with Crippen LogP contribution in [0.2, 0.25) is 5.02 Å². The summed E-state index contributed by atoms with van der Waals surface area (Å²) in [6.07, 6.45) is 0.936. The smallest absolute Gasteiger partial charge is 0.224 e. The first-order valence-corrected chi connectivity index (χ1v) is 8.74. The highest BCUT2D eigenvalue weighted by Gasteiger charge is 2.12. The standard InChI is InChI=1S/C20H24ClNO4/c1-13-7-5-8-17(14(13)2)26-10-6-9-20(23)22-16-12-18(24-3)15(21)11-19(16)25-4/h5,7-8,11-12H,6,9-10H2,1-4H3,(H,22,23). The van der Waals surface area contributed by atoms with Gasteiger partial charge < -0.3 is 19.5 Å². The van der Waals surface area contributed by atoms with Gasteiger partial charge in [0.15, 0.2) is 0 Å². The number of halogens is 1. The zero-order valence-electron chi connectivity index (χ0n) is 15.5. The maximum atomic E-state index is 12.2. The van der Waals surface area contributed by atoms with Crippen molar-refractivity contribution < 1.29 is 19.0 Å². The molecule has 0 bridgehead atoms. The van der Waals surface area contributed by atoms with Crippen LogP contribution in [0.3, 0.4) is 0 Å². The molecule has 0 radical (unpaired) electrons. The van der Waals surface area contributed by atoms with E-state index in [1.165, 1.54) is 19.8 Å². The van der Waals surface area contributed by atoms with Crippen molar-refractivity contribution in [2.45, 2.75) is 26.7 Å². The molecule has 26 heavy (non-hydrogen) atoms. The Morgan fingerprint density at radius 2 is 1.81 bits per heavy atom. The molecule has 0 aliphatic heterocycles. The molecule has 0 fully saturated rings. The fourth-order valence-electron chi connectivity index (χ4n) is 2.47. The highest BCUT2D eigenvalue weighted by molar-refractivity contribution is 6.32. The summed E-state index contributed by atoms with van der Waals surface area (Å²) in [6, 6.07) is 9.20. The lowest BCUT2D eigenvalue weighted by atomic mass is 10.1. The van der Waals surface area contributed by atoms with Crippen molar-refractivity contribution in [1.82, 2.24) is 0 Å². The lowest BCUT2D eigenvalue weighted by molar-refractivity contribution is -0.116. The summed E-state index contributed by atoms with van der Waals surface area (Å²) in [4.78, 5) is 12.2. The van der Waals surface area contributed by atoms with E-state index in [0.717, 1.165) is 11.3 Å². The van der Waals surface area contributed by atoms with Gasteiger partial charge in [-0.2, -0.15) is 0 Å². The molecule has 1 amide bonds. The van der Waals surface area contributed by atoms with E-state index in [1.807, 2.05) is 32.0 Å². The Hall–Kier alpha value is -2.40. The lowest BCUT2D eigenvalue weighted by Crippen LogP contribution is -2.13. The Labute approximate surface area is 159 Å². The van der Waals surface area contributed by atoms with Crippen LogP contribution in [0.5, 0.6) is 17.2 Å². The van der Waals surface area contributed by atoms with E-state index in [2.05, 4.69) is 5.32 Å².